The quantitative estimate of drug-likeness (QED) is 0.445. The number of aryl methyl sites for hydroxylation is 1. The van der Waals surface area contributed by atoms with Gasteiger partial charge in [-0.05, 0) is 55.3 Å². The molecule has 1 aromatic carbocycles. The molecule has 5 nitrogen and oxygen atoms in total. The Morgan fingerprint density at radius 3 is 2.50 bits per heavy atom. The number of carbonyl (C=O) groups is 1. The highest BCUT2D eigenvalue weighted by Crippen LogP contribution is 2.27. The summed E-state index contributed by atoms with van der Waals surface area (Å²) in [5.41, 5.74) is 5.64. The molecule has 4 rings (SSSR count). The Hall–Kier alpha value is -3.18. The first-order chi connectivity index (χ1) is 14.5. The average molecular weight is 419 g/mol. The third-order valence-corrected chi connectivity index (χ3v) is 5.41. The maximum atomic E-state index is 13.3. The summed E-state index contributed by atoms with van der Waals surface area (Å²) in [5, 5.41) is 0.672. The van der Waals surface area contributed by atoms with Crippen LogP contribution < -0.4 is 0 Å². The smallest absolute Gasteiger partial charge is 0.228 e. The average Bonchev–Trinajstić information content (AvgIpc) is 3.10. The molecule has 0 aliphatic heterocycles. The zero-order chi connectivity index (χ0) is 21.1. The molecular formula is C24H23ClN4O. The standard InChI is InChI=1S/C24H23ClN4O/c1-3-28(16-18-10-12-26-13-11-18)23(30)14-21-24(19-5-7-20(25)8-6-19)27-22-9-4-17(2)15-29(21)22/h4-13,15H,3,14,16H2,1-2H3. The maximum Gasteiger partial charge on any atom is 0.228 e. The predicted octanol–water partition coefficient (Wildman–Crippen LogP) is 4.95. The minimum absolute atomic E-state index is 0.0628. The number of likely N-dealkylation sites (N-methyl/N-ethyl adjacent to an activating group) is 1. The van der Waals surface area contributed by atoms with Crippen LogP contribution in [0.3, 0.4) is 0 Å². The van der Waals surface area contributed by atoms with Gasteiger partial charge in [0.2, 0.25) is 5.91 Å². The van der Waals surface area contributed by atoms with Crippen molar-refractivity contribution in [3.63, 3.8) is 0 Å². The minimum atomic E-state index is 0.0628. The molecule has 3 heterocycles. The monoisotopic (exact) mass is 418 g/mol. The zero-order valence-corrected chi connectivity index (χ0v) is 17.8. The second-order valence-electron chi connectivity index (χ2n) is 7.29. The van der Waals surface area contributed by atoms with Gasteiger partial charge in [0.1, 0.15) is 5.65 Å². The molecule has 0 N–H and O–H groups in total. The van der Waals surface area contributed by atoms with Crippen molar-refractivity contribution in [1.82, 2.24) is 19.3 Å². The molecule has 0 saturated heterocycles. The van der Waals surface area contributed by atoms with Gasteiger partial charge >= 0.3 is 0 Å². The number of pyridine rings is 2. The molecule has 0 unspecified atom stereocenters. The van der Waals surface area contributed by atoms with E-state index in [1.165, 1.54) is 0 Å². The van der Waals surface area contributed by atoms with Crippen LogP contribution in [0.25, 0.3) is 16.9 Å². The maximum absolute atomic E-state index is 13.3. The molecular weight excluding hydrogens is 396 g/mol. The van der Waals surface area contributed by atoms with Crippen molar-refractivity contribution in [3.05, 3.63) is 89.0 Å². The number of benzene rings is 1. The summed E-state index contributed by atoms with van der Waals surface area (Å²) in [5.74, 6) is 0.0628. The Bertz CT molecular complexity index is 1170. The van der Waals surface area contributed by atoms with E-state index in [0.717, 1.165) is 33.7 Å². The summed E-state index contributed by atoms with van der Waals surface area (Å²) in [6.45, 7) is 5.23. The van der Waals surface area contributed by atoms with Gasteiger partial charge in [-0.1, -0.05) is 29.8 Å². The number of carbonyl (C=O) groups excluding carboxylic acids is 1. The summed E-state index contributed by atoms with van der Waals surface area (Å²) in [7, 11) is 0. The molecule has 4 aromatic rings. The molecule has 152 valence electrons. The summed E-state index contributed by atoms with van der Waals surface area (Å²) >= 11 is 6.07. The third kappa shape index (κ3) is 4.21. The SMILES string of the molecule is CCN(Cc1ccncc1)C(=O)Cc1c(-c2ccc(Cl)cc2)nc2ccc(C)cn12. The van der Waals surface area contributed by atoms with Crippen LogP contribution in [0.5, 0.6) is 0 Å². The minimum Gasteiger partial charge on any atom is -0.338 e. The number of rotatable bonds is 6. The van der Waals surface area contributed by atoms with E-state index in [0.29, 0.717) is 18.1 Å². The lowest BCUT2D eigenvalue weighted by atomic mass is 10.1. The summed E-state index contributed by atoms with van der Waals surface area (Å²) < 4.78 is 2.03. The molecule has 0 radical (unpaired) electrons. The van der Waals surface area contributed by atoms with Crippen LogP contribution in [0.2, 0.25) is 5.02 Å². The molecule has 6 heteroatoms. The van der Waals surface area contributed by atoms with Crippen LogP contribution in [-0.2, 0) is 17.8 Å². The number of aromatic nitrogens is 3. The van der Waals surface area contributed by atoms with Gasteiger partial charge in [0.05, 0.1) is 17.8 Å². The molecule has 0 saturated carbocycles. The van der Waals surface area contributed by atoms with Crippen molar-refractivity contribution < 1.29 is 4.79 Å². The Morgan fingerprint density at radius 1 is 1.07 bits per heavy atom. The fourth-order valence-corrected chi connectivity index (χ4v) is 3.67. The molecule has 0 fully saturated rings. The van der Waals surface area contributed by atoms with Gasteiger partial charge in [0.25, 0.3) is 0 Å². The van der Waals surface area contributed by atoms with Gasteiger partial charge in [-0.15, -0.1) is 0 Å². The van der Waals surface area contributed by atoms with E-state index in [1.54, 1.807) is 12.4 Å². The van der Waals surface area contributed by atoms with E-state index in [4.69, 9.17) is 16.6 Å². The first-order valence-electron chi connectivity index (χ1n) is 9.95. The molecule has 0 spiro atoms. The zero-order valence-electron chi connectivity index (χ0n) is 17.0. The van der Waals surface area contributed by atoms with Crippen LogP contribution in [0, 0.1) is 6.92 Å². The van der Waals surface area contributed by atoms with E-state index >= 15 is 0 Å². The van der Waals surface area contributed by atoms with Crippen LogP contribution in [0.1, 0.15) is 23.7 Å². The Balaban J connectivity index is 1.71. The molecule has 0 aliphatic rings. The van der Waals surface area contributed by atoms with E-state index in [-0.39, 0.29) is 12.3 Å². The highest BCUT2D eigenvalue weighted by atomic mass is 35.5. The first kappa shape index (κ1) is 20.1. The van der Waals surface area contributed by atoms with Gasteiger partial charge < -0.3 is 9.30 Å². The van der Waals surface area contributed by atoms with Crippen molar-refractivity contribution in [2.24, 2.45) is 0 Å². The predicted molar refractivity (Wildman–Crippen MR) is 119 cm³/mol. The number of imidazole rings is 1. The van der Waals surface area contributed by atoms with Crippen molar-refractivity contribution >= 4 is 23.2 Å². The van der Waals surface area contributed by atoms with Crippen molar-refractivity contribution in [2.75, 3.05) is 6.54 Å². The van der Waals surface area contributed by atoms with E-state index in [1.807, 2.05) is 77.9 Å². The highest BCUT2D eigenvalue weighted by Gasteiger charge is 2.20. The van der Waals surface area contributed by atoms with Gasteiger partial charge in [0.15, 0.2) is 0 Å². The molecule has 0 atom stereocenters. The third-order valence-electron chi connectivity index (χ3n) is 5.16. The number of hydrogen-bond donors (Lipinski definition) is 0. The molecule has 30 heavy (non-hydrogen) atoms. The normalized spacial score (nSPS) is 11.0. The second-order valence-corrected chi connectivity index (χ2v) is 7.73. The lowest BCUT2D eigenvalue weighted by Gasteiger charge is -2.21. The number of fused-ring (bicyclic) bond motifs is 1. The lowest BCUT2D eigenvalue weighted by molar-refractivity contribution is -0.130. The second kappa shape index (κ2) is 8.67. The Labute approximate surface area is 181 Å². The Morgan fingerprint density at radius 2 is 1.80 bits per heavy atom. The molecule has 1 amide bonds. The highest BCUT2D eigenvalue weighted by molar-refractivity contribution is 6.30. The summed E-state index contributed by atoms with van der Waals surface area (Å²) in [4.78, 5) is 24.0. The fourth-order valence-electron chi connectivity index (χ4n) is 3.55. The van der Waals surface area contributed by atoms with Crippen molar-refractivity contribution in [2.45, 2.75) is 26.8 Å². The van der Waals surface area contributed by atoms with Gasteiger partial charge in [0, 0.05) is 42.3 Å². The number of hydrogen-bond acceptors (Lipinski definition) is 3. The van der Waals surface area contributed by atoms with Crippen molar-refractivity contribution in [1.29, 1.82) is 0 Å². The topological polar surface area (TPSA) is 50.5 Å². The Kier molecular flexibility index (Phi) is 5.81. The van der Waals surface area contributed by atoms with Gasteiger partial charge in [-0.3, -0.25) is 9.78 Å². The van der Waals surface area contributed by atoms with E-state index < -0.39 is 0 Å². The van der Waals surface area contributed by atoms with Crippen LogP contribution in [0.15, 0.2) is 67.1 Å². The van der Waals surface area contributed by atoms with E-state index in [2.05, 4.69) is 4.98 Å². The van der Waals surface area contributed by atoms with Gasteiger partial charge in [-0.25, -0.2) is 4.98 Å². The van der Waals surface area contributed by atoms with Crippen LogP contribution in [0.4, 0.5) is 0 Å². The number of amides is 1. The number of halogens is 1. The first-order valence-corrected chi connectivity index (χ1v) is 10.3. The molecule has 0 aliphatic carbocycles. The lowest BCUT2D eigenvalue weighted by Crippen LogP contribution is -2.32. The van der Waals surface area contributed by atoms with Gasteiger partial charge in [-0.2, -0.15) is 0 Å². The largest absolute Gasteiger partial charge is 0.338 e. The van der Waals surface area contributed by atoms with E-state index in [9.17, 15) is 4.79 Å². The van der Waals surface area contributed by atoms with Crippen molar-refractivity contribution in [3.8, 4) is 11.3 Å². The molecule has 0 bridgehead atoms. The molecule has 3 aromatic heterocycles. The van der Waals surface area contributed by atoms with Crippen LogP contribution in [-0.4, -0.2) is 31.7 Å². The van der Waals surface area contributed by atoms with Crippen LogP contribution >= 0.6 is 11.6 Å². The summed E-state index contributed by atoms with van der Waals surface area (Å²) in [6, 6.07) is 15.5. The number of nitrogens with zero attached hydrogens (tertiary/aromatic N) is 4. The fraction of sp³-hybridized carbons (Fsp3) is 0.208. The summed E-state index contributed by atoms with van der Waals surface area (Å²) in [6.07, 6.45) is 5.80.